The maximum Gasteiger partial charge on any atom is 0.274 e. The molecule has 0 unspecified atom stereocenters. The summed E-state index contributed by atoms with van der Waals surface area (Å²) in [6.45, 7) is 1.31. The smallest absolute Gasteiger partial charge is 0.274 e. The molecule has 0 N–H and O–H groups in total. The molecule has 0 bridgehead atoms. The Hall–Kier alpha value is -1.88. The number of carbonyl (C=O) groups is 1. The largest absolute Gasteiger partial charge is 0.374 e. The van der Waals surface area contributed by atoms with E-state index < -0.39 is 0 Å². The monoisotopic (exact) mass is 285 g/mol. The Morgan fingerprint density at radius 1 is 1.29 bits per heavy atom. The van der Waals surface area contributed by atoms with E-state index in [0.717, 1.165) is 18.5 Å². The van der Waals surface area contributed by atoms with E-state index in [-0.39, 0.29) is 18.1 Å². The van der Waals surface area contributed by atoms with Gasteiger partial charge < -0.3 is 14.0 Å². The first kappa shape index (κ1) is 12.8. The molecule has 110 valence electrons. The van der Waals surface area contributed by atoms with Crippen molar-refractivity contribution in [1.29, 1.82) is 0 Å². The first-order chi connectivity index (χ1) is 10.3. The summed E-state index contributed by atoms with van der Waals surface area (Å²) in [4.78, 5) is 19.3. The van der Waals surface area contributed by atoms with Gasteiger partial charge in [-0.05, 0) is 25.0 Å². The highest BCUT2D eigenvalue weighted by atomic mass is 16.5. The third-order valence-corrected chi connectivity index (χ3v) is 4.58. The predicted molar refractivity (Wildman–Crippen MR) is 78.2 cm³/mol. The maximum absolute atomic E-state index is 12.8. The molecule has 2 fully saturated rings. The number of ether oxygens (including phenoxy) is 1. The van der Waals surface area contributed by atoms with Crippen LogP contribution in [0.3, 0.4) is 0 Å². The summed E-state index contributed by atoms with van der Waals surface area (Å²) in [7, 11) is 0. The van der Waals surface area contributed by atoms with Crippen LogP contribution in [-0.2, 0) is 4.74 Å². The number of morpholine rings is 1. The summed E-state index contributed by atoms with van der Waals surface area (Å²) >= 11 is 0. The van der Waals surface area contributed by atoms with Crippen molar-refractivity contribution in [2.75, 3.05) is 13.2 Å². The number of hydrogen-bond donors (Lipinski definition) is 0. The number of imidazole rings is 1. The zero-order valence-electron chi connectivity index (χ0n) is 11.9. The number of amides is 1. The van der Waals surface area contributed by atoms with Crippen molar-refractivity contribution < 1.29 is 9.53 Å². The fourth-order valence-electron chi connectivity index (χ4n) is 3.53. The van der Waals surface area contributed by atoms with Crippen molar-refractivity contribution in [3.63, 3.8) is 0 Å². The normalized spacial score (nSPS) is 25.8. The van der Waals surface area contributed by atoms with Crippen LogP contribution in [0.1, 0.15) is 36.2 Å². The lowest BCUT2D eigenvalue weighted by Gasteiger charge is -2.43. The van der Waals surface area contributed by atoms with Crippen molar-refractivity contribution in [3.8, 4) is 0 Å². The van der Waals surface area contributed by atoms with Gasteiger partial charge in [-0.1, -0.05) is 18.9 Å². The highest BCUT2D eigenvalue weighted by molar-refractivity contribution is 5.93. The summed E-state index contributed by atoms with van der Waals surface area (Å²) < 4.78 is 7.73. The molecule has 1 aliphatic heterocycles. The highest BCUT2D eigenvalue weighted by Crippen LogP contribution is 2.29. The van der Waals surface area contributed by atoms with E-state index in [2.05, 4.69) is 4.98 Å². The highest BCUT2D eigenvalue weighted by Gasteiger charge is 2.37. The zero-order chi connectivity index (χ0) is 14.2. The third-order valence-electron chi connectivity index (χ3n) is 4.58. The van der Waals surface area contributed by atoms with Gasteiger partial charge in [-0.2, -0.15) is 0 Å². The van der Waals surface area contributed by atoms with Gasteiger partial charge in [0.15, 0.2) is 0 Å². The van der Waals surface area contributed by atoms with Gasteiger partial charge in [0.1, 0.15) is 11.3 Å². The molecule has 1 amide bonds. The minimum Gasteiger partial charge on any atom is -0.374 e. The molecule has 5 nitrogen and oxygen atoms in total. The average molecular weight is 285 g/mol. The van der Waals surface area contributed by atoms with Crippen LogP contribution < -0.4 is 0 Å². The van der Waals surface area contributed by atoms with Gasteiger partial charge in [0.2, 0.25) is 0 Å². The molecule has 2 aromatic heterocycles. The Kier molecular flexibility index (Phi) is 3.15. The predicted octanol–water partition coefficient (Wildman–Crippen LogP) is 2.12. The van der Waals surface area contributed by atoms with Crippen molar-refractivity contribution in [2.45, 2.75) is 37.8 Å². The molecule has 2 aliphatic rings. The molecule has 1 saturated heterocycles. The number of fused-ring (bicyclic) bond motifs is 2. The Morgan fingerprint density at radius 2 is 2.19 bits per heavy atom. The van der Waals surface area contributed by atoms with Crippen LogP contribution in [0.2, 0.25) is 0 Å². The summed E-state index contributed by atoms with van der Waals surface area (Å²) in [6.07, 6.45) is 8.46. The van der Waals surface area contributed by atoms with Gasteiger partial charge >= 0.3 is 0 Å². The number of rotatable bonds is 1. The second-order valence-corrected chi connectivity index (χ2v) is 5.85. The van der Waals surface area contributed by atoms with Crippen molar-refractivity contribution in [3.05, 3.63) is 36.3 Å². The fourth-order valence-corrected chi connectivity index (χ4v) is 3.53. The van der Waals surface area contributed by atoms with Crippen LogP contribution >= 0.6 is 0 Å². The number of carbonyl (C=O) groups excluding carboxylic acids is 1. The summed E-state index contributed by atoms with van der Waals surface area (Å²) in [5.74, 6) is 0.0406. The van der Waals surface area contributed by atoms with Gasteiger partial charge in [-0.3, -0.25) is 4.79 Å². The first-order valence-corrected chi connectivity index (χ1v) is 7.69. The molecule has 0 spiro atoms. The van der Waals surface area contributed by atoms with E-state index in [1.807, 2.05) is 39.9 Å². The van der Waals surface area contributed by atoms with E-state index in [1.54, 1.807) is 0 Å². The second-order valence-electron chi connectivity index (χ2n) is 5.85. The Morgan fingerprint density at radius 3 is 3.10 bits per heavy atom. The van der Waals surface area contributed by atoms with Gasteiger partial charge in [0, 0.05) is 18.9 Å². The van der Waals surface area contributed by atoms with E-state index in [4.69, 9.17) is 4.74 Å². The van der Waals surface area contributed by atoms with Crippen LogP contribution in [0.5, 0.6) is 0 Å². The van der Waals surface area contributed by atoms with Crippen molar-refractivity contribution in [1.82, 2.24) is 14.3 Å². The average Bonchev–Trinajstić information content (AvgIpc) is 2.97. The second kappa shape index (κ2) is 5.15. The molecule has 1 aliphatic carbocycles. The lowest BCUT2D eigenvalue weighted by Crippen LogP contribution is -2.54. The lowest BCUT2D eigenvalue weighted by molar-refractivity contribution is -0.0754. The first-order valence-electron chi connectivity index (χ1n) is 7.69. The molecule has 21 heavy (non-hydrogen) atoms. The molecule has 0 radical (unpaired) electrons. The Balaban J connectivity index is 1.63. The van der Waals surface area contributed by atoms with Crippen LogP contribution in [0, 0.1) is 0 Å². The fraction of sp³-hybridized carbons (Fsp3) is 0.500. The Labute approximate surface area is 123 Å². The minimum atomic E-state index is 0.0406. The van der Waals surface area contributed by atoms with E-state index in [1.165, 1.54) is 12.8 Å². The quantitative estimate of drug-likeness (QED) is 0.806. The molecular formula is C16H19N3O2. The minimum absolute atomic E-state index is 0.0406. The van der Waals surface area contributed by atoms with Crippen molar-refractivity contribution >= 4 is 11.6 Å². The Bertz CT molecular complexity index is 631. The van der Waals surface area contributed by atoms with Gasteiger partial charge in [0.25, 0.3) is 5.91 Å². The third kappa shape index (κ3) is 2.21. The van der Waals surface area contributed by atoms with E-state index in [9.17, 15) is 4.79 Å². The molecule has 3 heterocycles. The van der Waals surface area contributed by atoms with Crippen LogP contribution in [0.15, 0.2) is 30.6 Å². The molecular weight excluding hydrogens is 266 g/mol. The molecule has 4 rings (SSSR count). The van der Waals surface area contributed by atoms with Crippen LogP contribution in [0.4, 0.5) is 0 Å². The molecule has 2 atom stereocenters. The summed E-state index contributed by atoms with van der Waals surface area (Å²) in [5.41, 5.74) is 1.35. The number of pyridine rings is 1. The van der Waals surface area contributed by atoms with Crippen LogP contribution in [0.25, 0.3) is 5.65 Å². The molecule has 1 saturated carbocycles. The molecule has 5 heteroatoms. The summed E-state index contributed by atoms with van der Waals surface area (Å²) in [5, 5.41) is 0. The van der Waals surface area contributed by atoms with Gasteiger partial charge in [-0.25, -0.2) is 4.98 Å². The van der Waals surface area contributed by atoms with Gasteiger partial charge in [-0.15, -0.1) is 0 Å². The number of hydrogen-bond acceptors (Lipinski definition) is 3. The standard InChI is InChI=1S/C16H19N3O2/c20-16(12-11-18-8-4-3-7-15(18)17-12)19-9-10-21-14-6-2-1-5-13(14)19/h3-4,7-8,11,13-14H,1-2,5-6,9-10H2/t13-,14-/m0/s1. The number of nitrogens with zero attached hydrogens (tertiary/aromatic N) is 3. The van der Waals surface area contributed by atoms with E-state index in [0.29, 0.717) is 18.8 Å². The maximum atomic E-state index is 12.8. The van der Waals surface area contributed by atoms with Crippen molar-refractivity contribution in [2.24, 2.45) is 0 Å². The summed E-state index contributed by atoms with van der Waals surface area (Å²) in [6, 6.07) is 6.02. The SMILES string of the molecule is O=C(c1cn2ccccc2n1)N1CCO[C@H]2CCCC[C@@H]21. The van der Waals surface area contributed by atoms with E-state index >= 15 is 0 Å². The molecule has 2 aromatic rings. The van der Waals surface area contributed by atoms with Crippen LogP contribution in [-0.4, -0.2) is 45.5 Å². The number of aromatic nitrogens is 2. The van der Waals surface area contributed by atoms with Gasteiger partial charge in [0.05, 0.1) is 18.8 Å². The zero-order valence-corrected chi connectivity index (χ0v) is 11.9. The molecule has 0 aromatic carbocycles. The topological polar surface area (TPSA) is 46.8 Å². The lowest BCUT2D eigenvalue weighted by atomic mass is 9.90.